The standard InChI is InChI=1S/C17H22N2O5S/c20-17(19-12-13-3-6-18-7-4-13)5-10-25(21,22)14-1-2-15-16(11-14)24-9-8-23-15/h1-3,11,18H,4-10,12H2,(H,19,20). The number of rotatable bonds is 6. The van der Waals surface area contributed by atoms with Gasteiger partial charge in [0.1, 0.15) is 13.2 Å². The van der Waals surface area contributed by atoms with E-state index in [2.05, 4.69) is 16.7 Å². The zero-order valence-corrected chi connectivity index (χ0v) is 14.7. The van der Waals surface area contributed by atoms with E-state index in [1.807, 2.05) is 0 Å². The molecule has 0 unspecified atom stereocenters. The molecule has 2 heterocycles. The van der Waals surface area contributed by atoms with Crippen molar-refractivity contribution in [3.05, 3.63) is 29.8 Å². The molecule has 0 aliphatic carbocycles. The van der Waals surface area contributed by atoms with Crippen molar-refractivity contribution >= 4 is 15.7 Å². The molecule has 0 spiro atoms. The monoisotopic (exact) mass is 366 g/mol. The molecule has 3 rings (SSSR count). The number of fused-ring (bicyclic) bond motifs is 1. The van der Waals surface area contributed by atoms with Crippen molar-refractivity contribution in [2.45, 2.75) is 17.7 Å². The van der Waals surface area contributed by atoms with E-state index in [9.17, 15) is 13.2 Å². The van der Waals surface area contributed by atoms with Crippen LogP contribution in [-0.2, 0) is 14.6 Å². The molecule has 7 nitrogen and oxygen atoms in total. The molecule has 1 aromatic carbocycles. The third-order valence-corrected chi connectivity index (χ3v) is 5.85. The zero-order chi connectivity index (χ0) is 17.7. The van der Waals surface area contributed by atoms with Crippen molar-refractivity contribution in [3.63, 3.8) is 0 Å². The summed E-state index contributed by atoms with van der Waals surface area (Å²) in [5.74, 6) is 0.465. The number of carbonyl (C=O) groups is 1. The Morgan fingerprint density at radius 2 is 2.00 bits per heavy atom. The predicted molar refractivity (Wildman–Crippen MR) is 92.7 cm³/mol. The average Bonchev–Trinajstić information content (AvgIpc) is 2.65. The van der Waals surface area contributed by atoms with E-state index in [0.29, 0.717) is 31.3 Å². The topological polar surface area (TPSA) is 93.7 Å². The Labute approximate surface area is 147 Å². The van der Waals surface area contributed by atoms with Crippen molar-refractivity contribution in [3.8, 4) is 11.5 Å². The second-order valence-corrected chi connectivity index (χ2v) is 8.08. The third kappa shape index (κ3) is 4.73. The molecule has 0 saturated carbocycles. The lowest BCUT2D eigenvalue weighted by atomic mass is 10.1. The summed E-state index contributed by atoms with van der Waals surface area (Å²) in [5.41, 5.74) is 1.17. The SMILES string of the molecule is O=C(CCS(=O)(=O)c1ccc2c(c1)OCCO2)NCC1=CCNCC1. The molecule has 0 atom stereocenters. The van der Waals surface area contributed by atoms with E-state index >= 15 is 0 Å². The Balaban J connectivity index is 1.54. The maximum Gasteiger partial charge on any atom is 0.221 e. The number of hydrogen-bond donors (Lipinski definition) is 2. The van der Waals surface area contributed by atoms with Gasteiger partial charge in [0.25, 0.3) is 0 Å². The van der Waals surface area contributed by atoms with Crippen molar-refractivity contribution in [1.82, 2.24) is 10.6 Å². The molecule has 1 aromatic rings. The van der Waals surface area contributed by atoms with Crippen LogP contribution in [0, 0.1) is 0 Å². The lowest BCUT2D eigenvalue weighted by molar-refractivity contribution is -0.120. The molecule has 8 heteroatoms. The molecule has 2 N–H and O–H groups in total. The molecule has 0 radical (unpaired) electrons. The Hall–Kier alpha value is -2.06. The molecule has 0 fully saturated rings. The number of ether oxygens (including phenoxy) is 2. The highest BCUT2D eigenvalue weighted by molar-refractivity contribution is 7.91. The minimum atomic E-state index is -3.55. The van der Waals surface area contributed by atoms with Gasteiger partial charge in [0.05, 0.1) is 10.6 Å². The average molecular weight is 366 g/mol. The molecule has 1 amide bonds. The van der Waals surface area contributed by atoms with Crippen molar-refractivity contribution < 1.29 is 22.7 Å². The number of carbonyl (C=O) groups excluding carboxylic acids is 1. The Morgan fingerprint density at radius 1 is 1.20 bits per heavy atom. The van der Waals surface area contributed by atoms with Crippen LogP contribution in [-0.4, -0.2) is 52.9 Å². The lowest BCUT2D eigenvalue weighted by Crippen LogP contribution is -2.30. The van der Waals surface area contributed by atoms with E-state index in [-0.39, 0.29) is 23.0 Å². The van der Waals surface area contributed by atoms with Crippen LogP contribution in [0.2, 0.25) is 0 Å². The first-order valence-electron chi connectivity index (χ1n) is 8.32. The number of benzene rings is 1. The molecule has 2 aliphatic rings. The number of sulfone groups is 1. The van der Waals surface area contributed by atoms with Crippen molar-refractivity contribution in [2.75, 3.05) is 38.6 Å². The van der Waals surface area contributed by atoms with Crippen LogP contribution in [0.25, 0.3) is 0 Å². The van der Waals surface area contributed by atoms with Crippen LogP contribution >= 0.6 is 0 Å². The first-order chi connectivity index (χ1) is 12.0. The van der Waals surface area contributed by atoms with Crippen LogP contribution in [0.3, 0.4) is 0 Å². The van der Waals surface area contributed by atoms with Gasteiger partial charge in [0.2, 0.25) is 5.91 Å². The normalized spacial score (nSPS) is 16.9. The van der Waals surface area contributed by atoms with Crippen LogP contribution < -0.4 is 20.1 Å². The molecule has 25 heavy (non-hydrogen) atoms. The zero-order valence-electron chi connectivity index (χ0n) is 13.9. The number of amides is 1. The van der Waals surface area contributed by atoms with E-state index < -0.39 is 9.84 Å². The Kier molecular flexibility index (Phi) is 5.60. The van der Waals surface area contributed by atoms with Gasteiger partial charge in [-0.15, -0.1) is 0 Å². The fourth-order valence-corrected chi connectivity index (χ4v) is 3.94. The van der Waals surface area contributed by atoms with Gasteiger partial charge in [-0.2, -0.15) is 0 Å². The van der Waals surface area contributed by atoms with E-state index in [1.54, 1.807) is 6.07 Å². The highest BCUT2D eigenvalue weighted by atomic mass is 32.2. The van der Waals surface area contributed by atoms with E-state index in [0.717, 1.165) is 19.5 Å². The molecule has 136 valence electrons. The number of nitrogens with one attached hydrogen (secondary N) is 2. The summed E-state index contributed by atoms with van der Waals surface area (Å²) in [4.78, 5) is 12.1. The molecule has 0 saturated heterocycles. The van der Waals surface area contributed by atoms with Gasteiger partial charge in [0, 0.05) is 25.6 Å². The molecule has 0 bridgehead atoms. The minimum Gasteiger partial charge on any atom is -0.486 e. The van der Waals surface area contributed by atoms with Crippen LogP contribution in [0.4, 0.5) is 0 Å². The van der Waals surface area contributed by atoms with Crippen LogP contribution in [0.1, 0.15) is 12.8 Å². The first kappa shape index (κ1) is 17.8. The molecule has 2 aliphatic heterocycles. The van der Waals surface area contributed by atoms with Crippen LogP contribution in [0.5, 0.6) is 11.5 Å². The molecular formula is C17H22N2O5S. The first-order valence-corrected chi connectivity index (χ1v) is 9.97. The van der Waals surface area contributed by atoms with Crippen LogP contribution in [0.15, 0.2) is 34.7 Å². The summed E-state index contributed by atoms with van der Waals surface area (Å²) in [6, 6.07) is 4.53. The molecule has 0 aromatic heterocycles. The fraction of sp³-hybridized carbons (Fsp3) is 0.471. The molecular weight excluding hydrogens is 344 g/mol. The van der Waals surface area contributed by atoms with E-state index in [1.165, 1.54) is 17.7 Å². The number of hydrogen-bond acceptors (Lipinski definition) is 6. The van der Waals surface area contributed by atoms with E-state index in [4.69, 9.17) is 9.47 Å². The summed E-state index contributed by atoms with van der Waals surface area (Å²) in [5, 5.41) is 5.98. The van der Waals surface area contributed by atoms with Gasteiger partial charge in [-0.25, -0.2) is 8.42 Å². The highest BCUT2D eigenvalue weighted by Crippen LogP contribution is 2.32. The fourth-order valence-electron chi connectivity index (χ4n) is 2.69. The smallest absolute Gasteiger partial charge is 0.221 e. The summed E-state index contributed by atoms with van der Waals surface area (Å²) in [6.45, 7) is 3.03. The summed E-state index contributed by atoms with van der Waals surface area (Å²) in [7, 11) is -3.55. The minimum absolute atomic E-state index is 0.0672. The summed E-state index contributed by atoms with van der Waals surface area (Å²) >= 11 is 0. The Bertz CT molecular complexity index is 773. The van der Waals surface area contributed by atoms with Gasteiger partial charge in [-0.05, 0) is 25.1 Å². The van der Waals surface area contributed by atoms with Gasteiger partial charge in [-0.3, -0.25) is 4.79 Å². The second-order valence-electron chi connectivity index (χ2n) is 5.97. The summed E-state index contributed by atoms with van der Waals surface area (Å²) in [6.07, 6.45) is 2.88. The maximum atomic E-state index is 12.4. The van der Waals surface area contributed by atoms with Gasteiger partial charge >= 0.3 is 0 Å². The quantitative estimate of drug-likeness (QED) is 0.719. The summed E-state index contributed by atoms with van der Waals surface area (Å²) < 4.78 is 35.7. The largest absolute Gasteiger partial charge is 0.486 e. The Morgan fingerprint density at radius 3 is 2.76 bits per heavy atom. The van der Waals surface area contributed by atoms with Crippen molar-refractivity contribution in [1.29, 1.82) is 0 Å². The highest BCUT2D eigenvalue weighted by Gasteiger charge is 2.20. The van der Waals surface area contributed by atoms with Gasteiger partial charge in [-0.1, -0.05) is 11.6 Å². The van der Waals surface area contributed by atoms with Gasteiger partial charge < -0.3 is 20.1 Å². The van der Waals surface area contributed by atoms with Gasteiger partial charge in [0.15, 0.2) is 21.3 Å². The predicted octanol–water partition coefficient (Wildman–Crippen LogP) is 0.657. The maximum absolute atomic E-state index is 12.4. The second kappa shape index (κ2) is 7.88. The third-order valence-electron chi connectivity index (χ3n) is 4.14. The van der Waals surface area contributed by atoms with Crippen molar-refractivity contribution in [2.24, 2.45) is 0 Å². The lowest BCUT2D eigenvalue weighted by Gasteiger charge is -2.18.